The van der Waals surface area contributed by atoms with Gasteiger partial charge in [0.15, 0.2) is 6.61 Å². The summed E-state index contributed by atoms with van der Waals surface area (Å²) in [7, 11) is 5.17. The second-order valence-corrected chi connectivity index (χ2v) is 6.55. The summed E-state index contributed by atoms with van der Waals surface area (Å²) in [5.41, 5.74) is 2.96. The molecule has 1 aliphatic heterocycles. The zero-order valence-electron chi connectivity index (χ0n) is 16.5. The van der Waals surface area contributed by atoms with Crippen molar-refractivity contribution in [2.45, 2.75) is 6.61 Å². The average molecular weight is 391 g/mol. The number of methoxy groups -OCH3 is 1. The molecule has 0 bridgehead atoms. The molecule has 1 heterocycles. The molecule has 0 radical (unpaired) electrons. The molecule has 0 saturated carbocycles. The number of benzene rings is 2. The van der Waals surface area contributed by atoms with Gasteiger partial charge in [0.25, 0.3) is 0 Å². The third kappa shape index (κ3) is 3.98. The zero-order valence-corrected chi connectivity index (χ0v) is 16.5. The number of carbonyl (C=O) groups is 2. The number of ketones is 1. The topological polar surface area (TPSA) is 82.9 Å². The highest BCUT2D eigenvalue weighted by Gasteiger charge is 2.31. The van der Waals surface area contributed by atoms with Crippen molar-refractivity contribution >= 4 is 23.1 Å². The Kier molecular flexibility index (Phi) is 5.96. The normalized spacial score (nSPS) is 12.4. The van der Waals surface area contributed by atoms with E-state index in [4.69, 9.17) is 9.47 Å². The molecule has 7 heteroatoms. The molecule has 2 aromatic rings. The van der Waals surface area contributed by atoms with Crippen LogP contribution in [0, 0.1) is 11.3 Å². The van der Waals surface area contributed by atoms with Crippen LogP contribution >= 0.6 is 0 Å². The molecule has 0 unspecified atom stereocenters. The standard InChI is InChI=1S/C22H21N3O4/c1-24-18-6-4-5-7-19(18)25(2)21(24)17(12-23)20(26)14-29-22(27)16-10-8-15(9-11-16)13-28-3/h4-11H,13-14H2,1-3H3. The van der Waals surface area contributed by atoms with Crippen LogP contribution in [-0.2, 0) is 20.9 Å². The van der Waals surface area contributed by atoms with Crippen LogP contribution in [0.15, 0.2) is 59.9 Å². The van der Waals surface area contributed by atoms with Crippen LogP contribution in [0.4, 0.5) is 11.4 Å². The number of para-hydroxylation sites is 2. The van der Waals surface area contributed by atoms with Crippen LogP contribution in [0.2, 0.25) is 0 Å². The molecule has 7 nitrogen and oxygen atoms in total. The largest absolute Gasteiger partial charge is 0.454 e. The Hall–Kier alpha value is -3.63. The van der Waals surface area contributed by atoms with E-state index in [2.05, 4.69) is 0 Å². The van der Waals surface area contributed by atoms with Crippen molar-refractivity contribution in [3.05, 3.63) is 71.1 Å². The number of hydrogen-bond acceptors (Lipinski definition) is 7. The predicted molar refractivity (Wildman–Crippen MR) is 108 cm³/mol. The molecule has 0 aliphatic carbocycles. The molecular weight excluding hydrogens is 370 g/mol. The number of esters is 1. The molecule has 0 amide bonds. The van der Waals surface area contributed by atoms with Gasteiger partial charge in [-0.15, -0.1) is 0 Å². The van der Waals surface area contributed by atoms with Gasteiger partial charge >= 0.3 is 5.97 Å². The lowest BCUT2D eigenvalue weighted by molar-refractivity contribution is -0.118. The molecule has 0 spiro atoms. The van der Waals surface area contributed by atoms with E-state index < -0.39 is 18.4 Å². The Morgan fingerprint density at radius 3 is 2.10 bits per heavy atom. The maximum absolute atomic E-state index is 12.7. The van der Waals surface area contributed by atoms with Crippen LogP contribution in [0.1, 0.15) is 15.9 Å². The number of nitrogens with zero attached hydrogens (tertiary/aromatic N) is 3. The van der Waals surface area contributed by atoms with Gasteiger partial charge in [-0.05, 0) is 29.8 Å². The third-order valence-corrected chi connectivity index (χ3v) is 4.69. The van der Waals surface area contributed by atoms with Crippen molar-refractivity contribution in [1.82, 2.24) is 0 Å². The van der Waals surface area contributed by atoms with Gasteiger partial charge in [-0.2, -0.15) is 5.26 Å². The van der Waals surface area contributed by atoms with Gasteiger partial charge in [0.2, 0.25) is 5.78 Å². The molecule has 1 aliphatic rings. The predicted octanol–water partition coefficient (Wildman–Crippen LogP) is 2.88. The van der Waals surface area contributed by atoms with E-state index in [0.717, 1.165) is 16.9 Å². The summed E-state index contributed by atoms with van der Waals surface area (Å²) in [4.78, 5) is 28.4. The Morgan fingerprint density at radius 2 is 1.59 bits per heavy atom. The first-order valence-electron chi connectivity index (χ1n) is 8.97. The first-order valence-corrected chi connectivity index (χ1v) is 8.97. The summed E-state index contributed by atoms with van der Waals surface area (Å²) in [6.07, 6.45) is 0. The monoisotopic (exact) mass is 391 g/mol. The van der Waals surface area contributed by atoms with Crippen molar-refractivity contribution in [3.8, 4) is 6.07 Å². The van der Waals surface area contributed by atoms with Gasteiger partial charge in [-0.1, -0.05) is 24.3 Å². The van der Waals surface area contributed by atoms with E-state index in [1.807, 2.05) is 30.3 Å². The number of rotatable bonds is 6. The minimum Gasteiger partial charge on any atom is -0.454 e. The summed E-state index contributed by atoms with van der Waals surface area (Å²) in [5, 5.41) is 9.60. The Bertz CT molecular complexity index is 974. The van der Waals surface area contributed by atoms with Crippen molar-refractivity contribution in [2.75, 3.05) is 37.6 Å². The third-order valence-electron chi connectivity index (χ3n) is 4.69. The highest BCUT2D eigenvalue weighted by atomic mass is 16.5. The van der Waals surface area contributed by atoms with E-state index >= 15 is 0 Å². The van der Waals surface area contributed by atoms with Crippen LogP contribution in [0.5, 0.6) is 0 Å². The molecular formula is C22H21N3O4. The van der Waals surface area contributed by atoms with Crippen molar-refractivity contribution in [3.63, 3.8) is 0 Å². The van der Waals surface area contributed by atoms with E-state index in [9.17, 15) is 14.9 Å². The van der Waals surface area contributed by atoms with Gasteiger partial charge in [0, 0.05) is 21.2 Å². The number of hydrogen-bond donors (Lipinski definition) is 0. The lowest BCUT2D eigenvalue weighted by Crippen LogP contribution is -2.27. The summed E-state index contributed by atoms with van der Waals surface area (Å²) in [6.45, 7) is -0.0700. The van der Waals surface area contributed by atoms with Crippen LogP contribution in [0.25, 0.3) is 0 Å². The smallest absolute Gasteiger partial charge is 0.338 e. The lowest BCUT2D eigenvalue weighted by atomic mass is 10.1. The first-order chi connectivity index (χ1) is 14.0. The van der Waals surface area contributed by atoms with Crippen LogP contribution < -0.4 is 9.80 Å². The molecule has 2 aromatic carbocycles. The Labute approximate surface area is 169 Å². The minimum atomic E-state index is -0.624. The van der Waals surface area contributed by atoms with E-state index in [-0.39, 0.29) is 5.57 Å². The number of carbonyl (C=O) groups excluding carboxylic acids is 2. The molecule has 0 aromatic heterocycles. The van der Waals surface area contributed by atoms with Crippen LogP contribution in [-0.4, -0.2) is 39.6 Å². The SMILES string of the molecule is COCc1ccc(C(=O)OCC(=O)C(C#N)=C2N(C)c3ccccc3N2C)cc1. The van der Waals surface area contributed by atoms with Gasteiger partial charge < -0.3 is 19.3 Å². The summed E-state index contributed by atoms with van der Waals surface area (Å²) in [5.74, 6) is -0.724. The number of fused-ring (bicyclic) bond motifs is 1. The molecule has 29 heavy (non-hydrogen) atoms. The number of anilines is 2. The Morgan fingerprint density at radius 1 is 1.00 bits per heavy atom. The fourth-order valence-corrected chi connectivity index (χ4v) is 3.25. The number of ether oxygens (including phenoxy) is 2. The highest BCUT2D eigenvalue weighted by Crippen LogP contribution is 2.40. The molecule has 0 N–H and O–H groups in total. The van der Waals surface area contributed by atoms with Crippen molar-refractivity contribution < 1.29 is 19.1 Å². The average Bonchev–Trinajstić information content (AvgIpc) is 2.99. The number of Topliss-reactive ketones (excluding diaryl/α,β-unsaturated/α-hetero) is 1. The quantitative estimate of drug-likeness (QED) is 0.425. The second kappa shape index (κ2) is 8.59. The Balaban J connectivity index is 1.73. The van der Waals surface area contributed by atoms with Gasteiger partial charge in [-0.25, -0.2) is 4.79 Å². The fraction of sp³-hybridized carbons (Fsp3) is 0.227. The van der Waals surface area contributed by atoms with Gasteiger partial charge in [0.1, 0.15) is 17.5 Å². The first kappa shape index (κ1) is 20.1. The zero-order chi connectivity index (χ0) is 21.0. The van der Waals surface area contributed by atoms with E-state index in [1.165, 1.54) is 0 Å². The van der Waals surface area contributed by atoms with Crippen molar-refractivity contribution in [1.29, 1.82) is 5.26 Å². The highest BCUT2D eigenvalue weighted by molar-refractivity contribution is 6.04. The summed E-state index contributed by atoms with van der Waals surface area (Å²) in [6, 6.07) is 16.3. The van der Waals surface area contributed by atoms with Gasteiger partial charge in [-0.3, -0.25) is 4.79 Å². The summed E-state index contributed by atoms with van der Waals surface area (Å²) < 4.78 is 10.2. The fourth-order valence-electron chi connectivity index (χ4n) is 3.25. The van der Waals surface area contributed by atoms with Gasteiger partial charge in [0.05, 0.1) is 23.5 Å². The molecule has 0 saturated heterocycles. The van der Waals surface area contributed by atoms with Crippen LogP contribution in [0.3, 0.4) is 0 Å². The second-order valence-electron chi connectivity index (χ2n) is 6.55. The lowest BCUT2D eigenvalue weighted by Gasteiger charge is -2.19. The van der Waals surface area contributed by atoms with Crippen molar-refractivity contribution in [2.24, 2.45) is 0 Å². The van der Waals surface area contributed by atoms with E-state index in [1.54, 1.807) is 55.3 Å². The molecule has 0 atom stereocenters. The molecule has 3 rings (SSSR count). The molecule has 0 fully saturated rings. The minimum absolute atomic E-state index is 0.0607. The van der Waals surface area contributed by atoms with E-state index in [0.29, 0.717) is 18.0 Å². The molecule has 148 valence electrons. The maximum Gasteiger partial charge on any atom is 0.338 e. The number of nitriles is 1. The maximum atomic E-state index is 12.7. The summed E-state index contributed by atoms with van der Waals surface area (Å²) >= 11 is 0.